The number of fused-ring (bicyclic) bond motifs is 5. The van der Waals surface area contributed by atoms with Crippen molar-refractivity contribution in [3.05, 3.63) is 25.3 Å². The molecular weight excluding hydrogens is 672 g/mol. The number of nitrogens with zero attached hydrogens (tertiary/aromatic N) is 2. The Labute approximate surface area is 282 Å². The van der Waals surface area contributed by atoms with Crippen LogP contribution in [0, 0.1) is 34.5 Å². The monoisotopic (exact) mass is 728 g/mol. The van der Waals surface area contributed by atoms with Crippen LogP contribution in [-0.2, 0) is 14.3 Å². The summed E-state index contributed by atoms with van der Waals surface area (Å²) in [7, 11) is 0. The number of halogens is 2. The molecule has 6 aliphatic rings. The van der Waals surface area contributed by atoms with Crippen LogP contribution in [0.2, 0.25) is 0 Å². The van der Waals surface area contributed by atoms with Gasteiger partial charge >= 0.3 is 5.97 Å². The number of hydrogen-bond donors (Lipinski definition) is 1. The lowest BCUT2D eigenvalue weighted by molar-refractivity contribution is -0.958. The second-order valence-electron chi connectivity index (χ2n) is 15.7. The summed E-state index contributed by atoms with van der Waals surface area (Å²) in [6.45, 7) is 22.9. The molecule has 0 spiro atoms. The summed E-state index contributed by atoms with van der Waals surface area (Å²) in [6, 6.07) is 0.649. The first-order valence-corrected chi connectivity index (χ1v) is 17.0. The first-order valence-electron chi connectivity index (χ1n) is 17.0. The van der Waals surface area contributed by atoms with E-state index < -0.39 is 0 Å². The molecule has 2 heterocycles. The van der Waals surface area contributed by atoms with Crippen molar-refractivity contribution in [2.45, 2.75) is 103 Å². The van der Waals surface area contributed by atoms with Crippen molar-refractivity contribution in [3.63, 3.8) is 0 Å². The SMILES string of the molecule is C=CC[N+]1([C@H]2C[C@@]3(C)[C@@H](CC[C@@H]4[C@@H]3CC[C@@]3(C)[C@H]4C[C@H]([N+]4(CC=C)CCCC4)[C@@H]3OC(C)=O)C[C@@H]2O)CCOCC1.[Br-].[Br-]. The third-order valence-corrected chi connectivity index (χ3v) is 14.1. The van der Waals surface area contributed by atoms with E-state index in [1.165, 1.54) is 51.6 Å². The van der Waals surface area contributed by atoms with Crippen molar-refractivity contribution in [3.8, 4) is 0 Å². The number of esters is 1. The van der Waals surface area contributed by atoms with Gasteiger partial charge in [0.15, 0.2) is 6.10 Å². The van der Waals surface area contributed by atoms with Crippen molar-refractivity contribution >= 4 is 5.97 Å². The second-order valence-corrected chi connectivity index (χ2v) is 15.7. The molecule has 8 heteroatoms. The van der Waals surface area contributed by atoms with E-state index in [0.717, 1.165) is 67.6 Å². The summed E-state index contributed by atoms with van der Waals surface area (Å²) in [5, 5.41) is 11.7. The van der Waals surface area contributed by atoms with E-state index in [-0.39, 0.29) is 69.0 Å². The van der Waals surface area contributed by atoms with Gasteiger partial charge in [-0.25, -0.2) is 0 Å². The van der Waals surface area contributed by atoms with Gasteiger partial charge < -0.3 is 57.5 Å². The summed E-state index contributed by atoms with van der Waals surface area (Å²) in [4.78, 5) is 12.6. The summed E-state index contributed by atoms with van der Waals surface area (Å²) in [5.41, 5.74) is 0.291. The van der Waals surface area contributed by atoms with E-state index in [1.54, 1.807) is 6.92 Å². The molecule has 0 amide bonds. The number of rotatable bonds is 7. The third-order valence-electron chi connectivity index (χ3n) is 14.1. The van der Waals surface area contributed by atoms with E-state index in [0.29, 0.717) is 29.7 Å². The summed E-state index contributed by atoms with van der Waals surface area (Å²) < 4.78 is 14.2. The van der Waals surface area contributed by atoms with Gasteiger partial charge in [0.05, 0.1) is 39.4 Å². The highest BCUT2D eigenvalue weighted by Crippen LogP contribution is 2.68. The minimum Gasteiger partial charge on any atom is -1.00 e. The Bertz CT molecular complexity index is 1010. The van der Waals surface area contributed by atoms with E-state index in [9.17, 15) is 9.90 Å². The maximum absolute atomic E-state index is 12.6. The van der Waals surface area contributed by atoms with Crippen LogP contribution in [0.25, 0.3) is 0 Å². The van der Waals surface area contributed by atoms with E-state index >= 15 is 0 Å². The molecule has 4 saturated carbocycles. The van der Waals surface area contributed by atoms with Gasteiger partial charge in [-0.3, -0.25) is 4.79 Å². The predicted octanol–water partition coefficient (Wildman–Crippen LogP) is -0.884. The van der Waals surface area contributed by atoms with Crippen molar-refractivity contribution in [2.24, 2.45) is 34.5 Å². The zero-order valence-electron chi connectivity index (χ0n) is 27.0. The average molecular weight is 731 g/mol. The number of morpholine rings is 1. The lowest BCUT2D eigenvalue weighted by Crippen LogP contribution is -3.00. The van der Waals surface area contributed by atoms with Crippen molar-refractivity contribution < 1.29 is 62.3 Å². The Morgan fingerprint density at radius 1 is 0.907 bits per heavy atom. The largest absolute Gasteiger partial charge is 1.00 e. The molecule has 1 N–H and O–H groups in total. The Balaban J connectivity index is 0.00000212. The second kappa shape index (κ2) is 13.5. The van der Waals surface area contributed by atoms with Crippen LogP contribution in [0.1, 0.15) is 78.6 Å². The average Bonchev–Trinajstić information content (AvgIpc) is 3.53. The Kier molecular flexibility index (Phi) is 11.1. The van der Waals surface area contributed by atoms with Gasteiger partial charge in [0, 0.05) is 38.0 Å². The number of likely N-dealkylation sites (tertiary alicyclic amines) is 1. The smallest absolute Gasteiger partial charge is 0.303 e. The normalized spacial score (nSPS) is 44.4. The minimum absolute atomic E-state index is 0. The topological polar surface area (TPSA) is 55.8 Å². The first kappa shape index (κ1) is 35.6. The van der Waals surface area contributed by atoms with Gasteiger partial charge in [-0.2, -0.15) is 0 Å². The fraction of sp³-hybridized carbons (Fsp3) is 0.857. The molecule has 0 bridgehead atoms. The van der Waals surface area contributed by atoms with Gasteiger partial charge in [-0.1, -0.05) is 27.0 Å². The van der Waals surface area contributed by atoms with Crippen LogP contribution >= 0.6 is 0 Å². The molecule has 2 saturated heterocycles. The standard InChI is InChI=1S/C35H58N2O4.2BrH/c1-6-14-36(16-8-9-17-36)30-23-29-27-11-10-26-22-32(39)31(37(15-7-2)18-20-40-21-19-37)24-35(26,5)28(27)12-13-34(29,4)33(30)41-25(3)38;;/h6-7,26-33,39H,1-2,8-24H2,3-5H3;2*1H/q+2;;/p-2/t26-,27+,28-,29-,30-,31-,32-,33-,34-,35-;;/m0../s1. The van der Waals surface area contributed by atoms with Crippen LogP contribution in [-0.4, -0.2) is 96.8 Å². The van der Waals surface area contributed by atoms with Crippen LogP contribution in [0.15, 0.2) is 25.3 Å². The van der Waals surface area contributed by atoms with Gasteiger partial charge in [0.1, 0.15) is 31.3 Å². The zero-order chi connectivity index (χ0) is 29.0. The molecule has 0 unspecified atom stereocenters. The van der Waals surface area contributed by atoms with Gasteiger partial charge in [-0.05, 0) is 73.3 Å². The lowest BCUT2D eigenvalue weighted by Gasteiger charge is -2.63. The lowest BCUT2D eigenvalue weighted by atomic mass is 9.44. The van der Waals surface area contributed by atoms with Gasteiger partial charge in [0.25, 0.3) is 0 Å². The molecule has 6 rings (SSSR count). The van der Waals surface area contributed by atoms with Crippen LogP contribution in [0.4, 0.5) is 0 Å². The third kappa shape index (κ3) is 5.79. The number of aliphatic hydroxyl groups excluding tert-OH is 1. The number of hydrogen-bond acceptors (Lipinski definition) is 4. The number of carbonyl (C=O) groups is 1. The molecule has 0 radical (unpaired) electrons. The molecular formula is C35H58Br2N2O4. The fourth-order valence-electron chi connectivity index (χ4n) is 12.2. The van der Waals surface area contributed by atoms with Crippen LogP contribution < -0.4 is 34.0 Å². The number of ether oxygens (including phenoxy) is 2. The fourth-order valence-corrected chi connectivity index (χ4v) is 12.2. The summed E-state index contributed by atoms with van der Waals surface area (Å²) in [6.07, 6.45) is 14.6. The van der Waals surface area contributed by atoms with Crippen molar-refractivity contribution in [1.29, 1.82) is 0 Å². The zero-order valence-corrected chi connectivity index (χ0v) is 30.2. The first-order chi connectivity index (χ1) is 19.6. The molecule has 0 aromatic carbocycles. The highest BCUT2D eigenvalue weighted by molar-refractivity contribution is 5.66. The number of carbonyl (C=O) groups excluding carboxylic acids is 1. The molecule has 2 aliphatic heterocycles. The molecule has 4 aliphatic carbocycles. The Morgan fingerprint density at radius 2 is 1.53 bits per heavy atom. The molecule has 246 valence electrons. The van der Waals surface area contributed by atoms with E-state index in [1.807, 2.05) is 0 Å². The molecule has 0 aromatic heterocycles. The van der Waals surface area contributed by atoms with E-state index in [2.05, 4.69) is 39.2 Å². The molecule has 10 atom stereocenters. The minimum atomic E-state index is -0.237. The van der Waals surface area contributed by atoms with Crippen LogP contribution in [0.5, 0.6) is 0 Å². The molecule has 43 heavy (non-hydrogen) atoms. The summed E-state index contributed by atoms with van der Waals surface area (Å²) >= 11 is 0. The highest BCUT2D eigenvalue weighted by atomic mass is 79.9. The number of aliphatic hydroxyl groups is 1. The van der Waals surface area contributed by atoms with Crippen molar-refractivity contribution in [1.82, 2.24) is 0 Å². The Morgan fingerprint density at radius 3 is 2.14 bits per heavy atom. The predicted molar refractivity (Wildman–Crippen MR) is 162 cm³/mol. The summed E-state index contributed by atoms with van der Waals surface area (Å²) in [5.74, 6) is 2.45. The van der Waals surface area contributed by atoms with Crippen molar-refractivity contribution in [2.75, 3.05) is 52.5 Å². The quantitative estimate of drug-likeness (QED) is 0.210. The molecule has 6 fully saturated rings. The maximum atomic E-state index is 12.6. The highest BCUT2D eigenvalue weighted by Gasteiger charge is 2.68. The van der Waals surface area contributed by atoms with Crippen LogP contribution in [0.3, 0.4) is 0 Å². The maximum Gasteiger partial charge on any atom is 0.303 e. The molecule has 6 nitrogen and oxygen atoms in total. The number of quaternary nitrogens is 2. The van der Waals surface area contributed by atoms with Gasteiger partial charge in [0.2, 0.25) is 0 Å². The Hall–Kier alpha value is -0.250. The van der Waals surface area contributed by atoms with E-state index in [4.69, 9.17) is 9.47 Å². The molecule has 0 aromatic rings. The van der Waals surface area contributed by atoms with Gasteiger partial charge in [-0.15, -0.1) is 0 Å².